The summed E-state index contributed by atoms with van der Waals surface area (Å²) in [6.07, 6.45) is -1.62. The summed E-state index contributed by atoms with van der Waals surface area (Å²) in [6.45, 7) is 2.60. The minimum atomic E-state index is -2.76. The number of nitrogens with zero attached hydrogens (tertiary/aromatic N) is 4. The smallest absolute Gasteiger partial charge is 0.319 e. The summed E-state index contributed by atoms with van der Waals surface area (Å²) in [4.78, 5) is 27.5. The number of rotatable bonds is 4. The second-order valence-corrected chi connectivity index (χ2v) is 5.36. The molecule has 1 saturated heterocycles. The normalized spacial score (nSPS) is 15.8. The number of piperazine rings is 1. The summed E-state index contributed by atoms with van der Waals surface area (Å²) in [7, 11) is 3.34. The third kappa shape index (κ3) is 4.38. The number of carbonyl (C=O) groups excluding carboxylic acids is 2. The molecule has 0 saturated carbocycles. The number of likely N-dealkylation sites (N-methyl/N-ethyl adjacent to an activating group) is 1. The molecule has 1 fully saturated rings. The highest BCUT2D eigenvalue weighted by Gasteiger charge is 2.21. The number of urea groups is 1. The van der Waals surface area contributed by atoms with E-state index in [0.717, 1.165) is 24.0 Å². The number of alkyl halides is 2. The summed E-state index contributed by atoms with van der Waals surface area (Å²) in [5.41, 5.74) is -0.461. The number of aromatic nitrogens is 2. The van der Waals surface area contributed by atoms with Gasteiger partial charge in [-0.25, -0.2) is 13.6 Å². The number of nitrogens with one attached hydrogen (secondary N) is 2. The molecular formula is C13H20F2N6O2. The van der Waals surface area contributed by atoms with Gasteiger partial charge in [-0.1, -0.05) is 0 Å². The Kier molecular flexibility index (Phi) is 5.48. The van der Waals surface area contributed by atoms with Gasteiger partial charge < -0.3 is 20.4 Å². The van der Waals surface area contributed by atoms with Crippen molar-refractivity contribution in [1.29, 1.82) is 0 Å². The number of amides is 3. The largest absolute Gasteiger partial charge is 0.339 e. The Bertz CT molecular complexity index is 569. The SMILES string of the molecule is CN1CCN(C(=O)CNC(=O)Nc2cnn(C)c2C(F)F)CC1. The van der Waals surface area contributed by atoms with Crippen molar-refractivity contribution in [2.45, 2.75) is 6.43 Å². The Balaban J connectivity index is 1.82. The second kappa shape index (κ2) is 7.36. The number of aryl methyl sites for hydroxylation is 1. The highest BCUT2D eigenvalue weighted by molar-refractivity contribution is 5.92. The standard InChI is InChI=1S/C13H20F2N6O2/c1-19-3-5-21(6-4-19)10(22)8-16-13(23)18-9-7-17-20(2)11(9)12(14)15/h7,12H,3-6,8H2,1-2H3,(H2,16,18,23). The van der Waals surface area contributed by atoms with Crippen LogP contribution in [0.5, 0.6) is 0 Å². The molecule has 0 unspecified atom stereocenters. The number of hydrogen-bond acceptors (Lipinski definition) is 4. The van der Waals surface area contributed by atoms with Crippen molar-refractivity contribution in [3.05, 3.63) is 11.9 Å². The van der Waals surface area contributed by atoms with E-state index in [-0.39, 0.29) is 23.8 Å². The molecule has 0 aliphatic carbocycles. The van der Waals surface area contributed by atoms with E-state index in [0.29, 0.717) is 13.1 Å². The highest BCUT2D eigenvalue weighted by Crippen LogP contribution is 2.25. The van der Waals surface area contributed by atoms with Crippen molar-refractivity contribution in [3.8, 4) is 0 Å². The van der Waals surface area contributed by atoms with Crippen LogP contribution >= 0.6 is 0 Å². The molecular weight excluding hydrogens is 310 g/mol. The van der Waals surface area contributed by atoms with Gasteiger partial charge in [0.1, 0.15) is 5.69 Å². The molecule has 0 bridgehead atoms. The first kappa shape index (κ1) is 17.1. The fourth-order valence-corrected chi connectivity index (χ4v) is 2.29. The molecule has 3 amide bonds. The first-order valence-corrected chi connectivity index (χ1v) is 7.19. The average Bonchev–Trinajstić information content (AvgIpc) is 2.86. The Labute approximate surface area is 132 Å². The van der Waals surface area contributed by atoms with Crippen LogP contribution in [0.1, 0.15) is 12.1 Å². The monoisotopic (exact) mass is 330 g/mol. The van der Waals surface area contributed by atoms with Gasteiger partial charge in [-0.2, -0.15) is 5.10 Å². The lowest BCUT2D eigenvalue weighted by molar-refractivity contribution is -0.131. The van der Waals surface area contributed by atoms with E-state index in [1.54, 1.807) is 4.90 Å². The maximum atomic E-state index is 12.9. The zero-order valence-electron chi connectivity index (χ0n) is 13.1. The topological polar surface area (TPSA) is 82.5 Å². The van der Waals surface area contributed by atoms with Gasteiger partial charge in [0.05, 0.1) is 18.4 Å². The molecule has 23 heavy (non-hydrogen) atoms. The van der Waals surface area contributed by atoms with Crippen molar-refractivity contribution in [2.75, 3.05) is 45.1 Å². The lowest BCUT2D eigenvalue weighted by Gasteiger charge is -2.32. The van der Waals surface area contributed by atoms with Crippen molar-refractivity contribution in [3.63, 3.8) is 0 Å². The van der Waals surface area contributed by atoms with Crippen LogP contribution in [0.15, 0.2) is 6.20 Å². The van der Waals surface area contributed by atoms with Gasteiger partial charge in [-0.05, 0) is 7.05 Å². The van der Waals surface area contributed by atoms with E-state index in [9.17, 15) is 18.4 Å². The van der Waals surface area contributed by atoms with E-state index in [1.807, 2.05) is 7.05 Å². The molecule has 1 aliphatic heterocycles. The number of carbonyl (C=O) groups is 2. The molecule has 10 heteroatoms. The third-order valence-electron chi connectivity index (χ3n) is 3.70. The van der Waals surface area contributed by atoms with Crippen LogP contribution in [-0.4, -0.2) is 71.3 Å². The van der Waals surface area contributed by atoms with Crippen LogP contribution in [0.25, 0.3) is 0 Å². The van der Waals surface area contributed by atoms with E-state index >= 15 is 0 Å². The van der Waals surface area contributed by atoms with Crippen molar-refractivity contribution in [1.82, 2.24) is 24.9 Å². The van der Waals surface area contributed by atoms with Crippen LogP contribution in [0.3, 0.4) is 0 Å². The summed E-state index contributed by atoms with van der Waals surface area (Å²) in [6, 6.07) is -0.720. The lowest BCUT2D eigenvalue weighted by Crippen LogP contribution is -2.50. The molecule has 0 radical (unpaired) electrons. The summed E-state index contributed by atoms with van der Waals surface area (Å²) < 4.78 is 26.7. The number of halogens is 2. The molecule has 0 aromatic carbocycles. The maximum absolute atomic E-state index is 12.9. The molecule has 2 N–H and O–H groups in total. The summed E-state index contributed by atoms with van der Waals surface area (Å²) in [5.74, 6) is -0.200. The summed E-state index contributed by atoms with van der Waals surface area (Å²) in [5, 5.41) is 8.34. The van der Waals surface area contributed by atoms with E-state index in [2.05, 4.69) is 20.6 Å². The predicted molar refractivity (Wildman–Crippen MR) is 79.3 cm³/mol. The van der Waals surface area contributed by atoms with Crippen molar-refractivity contribution in [2.24, 2.45) is 7.05 Å². The molecule has 128 valence electrons. The first-order chi connectivity index (χ1) is 10.9. The van der Waals surface area contributed by atoms with Gasteiger partial charge in [-0.15, -0.1) is 0 Å². The Morgan fingerprint density at radius 3 is 2.52 bits per heavy atom. The van der Waals surface area contributed by atoms with E-state index in [4.69, 9.17) is 0 Å². The fourth-order valence-electron chi connectivity index (χ4n) is 2.29. The van der Waals surface area contributed by atoms with Crippen LogP contribution in [0, 0.1) is 0 Å². The highest BCUT2D eigenvalue weighted by atomic mass is 19.3. The minimum Gasteiger partial charge on any atom is -0.339 e. The molecule has 0 spiro atoms. The molecule has 2 heterocycles. The van der Waals surface area contributed by atoms with Crippen LogP contribution in [0.4, 0.5) is 19.3 Å². The molecule has 1 aromatic heterocycles. The van der Waals surface area contributed by atoms with Gasteiger partial charge in [0.2, 0.25) is 5.91 Å². The Hall–Kier alpha value is -2.23. The van der Waals surface area contributed by atoms with Gasteiger partial charge in [0, 0.05) is 33.2 Å². The zero-order chi connectivity index (χ0) is 17.0. The molecule has 0 atom stereocenters. The minimum absolute atomic E-state index is 0.0768. The zero-order valence-corrected chi connectivity index (χ0v) is 13.1. The van der Waals surface area contributed by atoms with E-state index in [1.165, 1.54) is 7.05 Å². The first-order valence-electron chi connectivity index (χ1n) is 7.19. The van der Waals surface area contributed by atoms with Crippen LogP contribution in [0.2, 0.25) is 0 Å². The van der Waals surface area contributed by atoms with Gasteiger partial charge in [0.15, 0.2) is 0 Å². The predicted octanol–water partition coefficient (Wildman–Crippen LogP) is 0.253. The maximum Gasteiger partial charge on any atom is 0.319 e. The summed E-state index contributed by atoms with van der Waals surface area (Å²) >= 11 is 0. The Morgan fingerprint density at radius 2 is 1.91 bits per heavy atom. The third-order valence-corrected chi connectivity index (χ3v) is 3.70. The molecule has 2 rings (SSSR count). The number of hydrogen-bond donors (Lipinski definition) is 2. The van der Waals surface area contributed by atoms with Gasteiger partial charge >= 0.3 is 6.03 Å². The second-order valence-electron chi connectivity index (χ2n) is 5.36. The number of anilines is 1. The van der Waals surface area contributed by atoms with Crippen LogP contribution < -0.4 is 10.6 Å². The van der Waals surface area contributed by atoms with Crippen molar-refractivity contribution < 1.29 is 18.4 Å². The average molecular weight is 330 g/mol. The van der Waals surface area contributed by atoms with E-state index < -0.39 is 12.5 Å². The van der Waals surface area contributed by atoms with Crippen LogP contribution in [-0.2, 0) is 11.8 Å². The van der Waals surface area contributed by atoms with Gasteiger partial charge in [-0.3, -0.25) is 9.48 Å². The Morgan fingerprint density at radius 1 is 1.26 bits per heavy atom. The van der Waals surface area contributed by atoms with Gasteiger partial charge in [0.25, 0.3) is 6.43 Å². The molecule has 8 nitrogen and oxygen atoms in total. The molecule has 1 aliphatic rings. The molecule has 1 aromatic rings. The van der Waals surface area contributed by atoms with Crippen molar-refractivity contribution >= 4 is 17.6 Å². The fraction of sp³-hybridized carbons (Fsp3) is 0.615. The quantitative estimate of drug-likeness (QED) is 0.829. The lowest BCUT2D eigenvalue weighted by atomic mass is 10.3.